The van der Waals surface area contributed by atoms with E-state index in [0.29, 0.717) is 35.5 Å². The van der Waals surface area contributed by atoms with Crippen LogP contribution in [0.25, 0.3) is 11.2 Å². The number of anilines is 2. The fraction of sp³-hybridized carbons (Fsp3) is 0.444. The molecule has 3 rings (SSSR count). The van der Waals surface area contributed by atoms with Crippen LogP contribution in [0.5, 0.6) is 11.8 Å². The van der Waals surface area contributed by atoms with E-state index < -0.39 is 0 Å². The Morgan fingerprint density at radius 2 is 2.04 bits per heavy atom. The summed E-state index contributed by atoms with van der Waals surface area (Å²) in [5.74, 6) is 1.27. The summed E-state index contributed by atoms with van der Waals surface area (Å²) in [6, 6.07) is 3.62. The molecule has 0 spiro atoms. The van der Waals surface area contributed by atoms with E-state index in [1.807, 2.05) is 17.6 Å². The molecule has 0 amide bonds. The quantitative estimate of drug-likeness (QED) is 0.559. The van der Waals surface area contributed by atoms with Crippen LogP contribution in [0.15, 0.2) is 24.7 Å². The standard InChI is InChI=1S/C18H24N6O3/c1-3-5-8-24-12-20-15-16(24)22-18(23-17(15)27-10-9-25)21-13-6-7-14(19-11-13)26-4-2/h6-7,11-12,25H,3-5,8-10H2,1-2H3,(H,21,22,23). The number of hydrogen-bond acceptors (Lipinski definition) is 8. The van der Waals surface area contributed by atoms with Gasteiger partial charge < -0.3 is 24.5 Å². The van der Waals surface area contributed by atoms with Crippen molar-refractivity contribution in [3.63, 3.8) is 0 Å². The fourth-order valence-electron chi connectivity index (χ4n) is 2.53. The van der Waals surface area contributed by atoms with Gasteiger partial charge in [-0.05, 0) is 19.4 Å². The van der Waals surface area contributed by atoms with Crippen LogP contribution in [0.3, 0.4) is 0 Å². The molecule has 0 aliphatic carbocycles. The molecule has 0 aliphatic heterocycles. The molecule has 9 nitrogen and oxygen atoms in total. The number of aliphatic hydroxyl groups excluding tert-OH is 1. The molecule has 0 atom stereocenters. The minimum atomic E-state index is -0.104. The van der Waals surface area contributed by atoms with Gasteiger partial charge in [0, 0.05) is 12.6 Å². The van der Waals surface area contributed by atoms with Crippen LogP contribution in [0.2, 0.25) is 0 Å². The molecule has 0 saturated heterocycles. The van der Waals surface area contributed by atoms with Crippen LogP contribution in [-0.4, -0.2) is 49.4 Å². The average molecular weight is 372 g/mol. The van der Waals surface area contributed by atoms with Crippen molar-refractivity contribution in [1.82, 2.24) is 24.5 Å². The second kappa shape index (κ2) is 9.13. The van der Waals surface area contributed by atoms with Crippen LogP contribution < -0.4 is 14.8 Å². The number of imidazole rings is 1. The molecule has 0 bridgehead atoms. The highest BCUT2D eigenvalue weighted by Crippen LogP contribution is 2.25. The number of fused-ring (bicyclic) bond motifs is 1. The van der Waals surface area contributed by atoms with Gasteiger partial charge in [0.1, 0.15) is 6.61 Å². The first-order chi connectivity index (χ1) is 13.2. The lowest BCUT2D eigenvalue weighted by molar-refractivity contribution is 0.198. The van der Waals surface area contributed by atoms with Crippen molar-refractivity contribution in [1.29, 1.82) is 0 Å². The van der Waals surface area contributed by atoms with Gasteiger partial charge in [-0.1, -0.05) is 13.3 Å². The Balaban J connectivity index is 1.90. The van der Waals surface area contributed by atoms with Gasteiger partial charge in [0.05, 0.1) is 31.4 Å². The summed E-state index contributed by atoms with van der Waals surface area (Å²) < 4.78 is 12.9. The summed E-state index contributed by atoms with van der Waals surface area (Å²) in [7, 11) is 0. The zero-order valence-electron chi connectivity index (χ0n) is 15.6. The van der Waals surface area contributed by atoms with E-state index in [9.17, 15) is 0 Å². The second-order valence-corrected chi connectivity index (χ2v) is 5.83. The number of aliphatic hydroxyl groups is 1. The SMILES string of the molecule is CCCCn1cnc2c(OCCO)nc(Nc3ccc(OCC)nc3)nc21. The third-order valence-corrected chi connectivity index (χ3v) is 3.80. The molecule has 0 radical (unpaired) electrons. The summed E-state index contributed by atoms with van der Waals surface area (Å²) in [6.07, 6.45) is 5.49. The number of rotatable bonds is 10. The first-order valence-electron chi connectivity index (χ1n) is 9.07. The molecule has 0 aromatic carbocycles. The molecule has 2 N–H and O–H groups in total. The molecular weight excluding hydrogens is 348 g/mol. The van der Waals surface area contributed by atoms with Gasteiger partial charge in [0.25, 0.3) is 0 Å². The van der Waals surface area contributed by atoms with Crippen molar-refractivity contribution < 1.29 is 14.6 Å². The number of ether oxygens (including phenoxy) is 2. The summed E-state index contributed by atoms with van der Waals surface area (Å²) in [5, 5.41) is 12.2. The van der Waals surface area contributed by atoms with E-state index in [1.165, 1.54) is 0 Å². The molecule has 0 fully saturated rings. The van der Waals surface area contributed by atoms with Gasteiger partial charge in [-0.2, -0.15) is 9.97 Å². The van der Waals surface area contributed by atoms with Crippen molar-refractivity contribution in [3.05, 3.63) is 24.7 Å². The van der Waals surface area contributed by atoms with Crippen LogP contribution >= 0.6 is 0 Å². The Morgan fingerprint density at radius 3 is 2.74 bits per heavy atom. The third-order valence-electron chi connectivity index (χ3n) is 3.80. The van der Waals surface area contributed by atoms with E-state index in [1.54, 1.807) is 18.6 Å². The Labute approximate surface area is 157 Å². The molecule has 0 unspecified atom stereocenters. The highest BCUT2D eigenvalue weighted by atomic mass is 16.5. The Hall–Kier alpha value is -2.94. The maximum atomic E-state index is 9.07. The predicted molar refractivity (Wildman–Crippen MR) is 102 cm³/mol. The monoisotopic (exact) mass is 372 g/mol. The third kappa shape index (κ3) is 4.62. The summed E-state index contributed by atoms with van der Waals surface area (Å²) in [5.41, 5.74) is 1.99. The predicted octanol–water partition coefficient (Wildman–Crippen LogP) is 2.53. The number of nitrogens with one attached hydrogen (secondary N) is 1. The smallest absolute Gasteiger partial charge is 0.247 e. The van der Waals surface area contributed by atoms with E-state index in [4.69, 9.17) is 14.6 Å². The molecular formula is C18H24N6O3. The van der Waals surface area contributed by atoms with Crippen molar-refractivity contribution in [2.24, 2.45) is 0 Å². The average Bonchev–Trinajstić information content (AvgIpc) is 3.09. The zero-order valence-corrected chi connectivity index (χ0v) is 15.6. The molecule has 3 heterocycles. The normalized spacial score (nSPS) is 10.9. The van der Waals surface area contributed by atoms with Crippen LogP contribution in [0.4, 0.5) is 11.6 Å². The van der Waals surface area contributed by atoms with Crippen LogP contribution in [-0.2, 0) is 6.54 Å². The van der Waals surface area contributed by atoms with Gasteiger partial charge in [0.2, 0.25) is 17.7 Å². The van der Waals surface area contributed by atoms with Gasteiger partial charge in [-0.3, -0.25) is 0 Å². The van der Waals surface area contributed by atoms with Crippen LogP contribution in [0.1, 0.15) is 26.7 Å². The molecule has 3 aromatic heterocycles. The van der Waals surface area contributed by atoms with Gasteiger partial charge in [-0.15, -0.1) is 0 Å². The molecule has 144 valence electrons. The van der Waals surface area contributed by atoms with E-state index in [-0.39, 0.29) is 13.2 Å². The maximum Gasteiger partial charge on any atom is 0.247 e. The number of nitrogens with zero attached hydrogens (tertiary/aromatic N) is 5. The van der Waals surface area contributed by atoms with E-state index in [2.05, 4.69) is 32.2 Å². The Morgan fingerprint density at radius 1 is 1.15 bits per heavy atom. The number of aromatic nitrogens is 5. The van der Waals surface area contributed by atoms with Crippen molar-refractivity contribution >= 4 is 22.8 Å². The second-order valence-electron chi connectivity index (χ2n) is 5.83. The topological polar surface area (TPSA) is 107 Å². The summed E-state index contributed by atoms with van der Waals surface area (Å²) in [4.78, 5) is 17.6. The summed E-state index contributed by atoms with van der Waals surface area (Å²) >= 11 is 0. The Bertz CT molecular complexity index is 865. The number of unbranched alkanes of at least 4 members (excludes halogenated alkanes) is 1. The molecule has 0 saturated carbocycles. The largest absolute Gasteiger partial charge is 0.478 e. The lowest BCUT2D eigenvalue weighted by Crippen LogP contribution is -2.07. The first kappa shape index (κ1) is 18.8. The van der Waals surface area contributed by atoms with E-state index >= 15 is 0 Å². The molecule has 0 aliphatic rings. The number of pyridine rings is 1. The summed E-state index contributed by atoms with van der Waals surface area (Å²) in [6.45, 7) is 5.45. The molecule has 27 heavy (non-hydrogen) atoms. The van der Waals surface area contributed by atoms with Gasteiger partial charge >= 0.3 is 0 Å². The van der Waals surface area contributed by atoms with Crippen molar-refractivity contribution in [3.8, 4) is 11.8 Å². The van der Waals surface area contributed by atoms with Gasteiger partial charge in [-0.25, -0.2) is 9.97 Å². The highest BCUT2D eigenvalue weighted by Gasteiger charge is 2.15. The van der Waals surface area contributed by atoms with E-state index in [0.717, 1.165) is 25.1 Å². The number of hydrogen-bond donors (Lipinski definition) is 2. The minimum absolute atomic E-state index is 0.104. The maximum absolute atomic E-state index is 9.07. The van der Waals surface area contributed by atoms with Gasteiger partial charge in [0.15, 0.2) is 11.2 Å². The lowest BCUT2D eigenvalue weighted by atomic mass is 10.3. The minimum Gasteiger partial charge on any atom is -0.478 e. The van der Waals surface area contributed by atoms with Crippen LogP contribution in [0, 0.1) is 0 Å². The highest BCUT2D eigenvalue weighted by molar-refractivity contribution is 5.78. The number of aryl methyl sites for hydroxylation is 1. The zero-order chi connectivity index (χ0) is 19.1. The fourth-order valence-corrected chi connectivity index (χ4v) is 2.53. The lowest BCUT2D eigenvalue weighted by Gasteiger charge is -2.10. The first-order valence-corrected chi connectivity index (χ1v) is 9.07. The molecule has 9 heteroatoms. The van der Waals surface area contributed by atoms with Crippen molar-refractivity contribution in [2.75, 3.05) is 25.1 Å². The Kier molecular flexibility index (Phi) is 6.37. The molecule has 3 aromatic rings. The van der Waals surface area contributed by atoms with Crippen molar-refractivity contribution in [2.45, 2.75) is 33.2 Å².